The summed E-state index contributed by atoms with van der Waals surface area (Å²) >= 11 is 0. The van der Waals surface area contributed by atoms with Crippen molar-refractivity contribution < 1.29 is 13.2 Å². The van der Waals surface area contributed by atoms with Crippen LogP contribution < -0.4 is 0 Å². The van der Waals surface area contributed by atoms with Gasteiger partial charge in [-0.25, -0.2) is 17.9 Å². The van der Waals surface area contributed by atoms with Gasteiger partial charge in [-0.3, -0.25) is 0 Å². The van der Waals surface area contributed by atoms with Gasteiger partial charge in [-0.05, 0) is 6.07 Å². The smallest absolute Gasteiger partial charge is 0.194 e. The molecule has 0 bridgehead atoms. The zero-order valence-corrected chi connectivity index (χ0v) is 10.2. The van der Waals surface area contributed by atoms with Crippen molar-refractivity contribution in [2.75, 3.05) is 0 Å². The molecule has 2 nitrogen and oxygen atoms in total. The average molecular weight is 274 g/mol. The highest BCUT2D eigenvalue weighted by Gasteiger charge is 2.12. The van der Waals surface area contributed by atoms with Gasteiger partial charge in [0.05, 0.1) is 11.4 Å². The predicted octanol–water partition coefficient (Wildman–Crippen LogP) is 3.96. The molecule has 0 radical (unpaired) electrons. The van der Waals surface area contributed by atoms with Gasteiger partial charge in [-0.1, -0.05) is 30.3 Å². The summed E-state index contributed by atoms with van der Waals surface area (Å²) in [5.74, 6) is -3.96. The predicted molar refractivity (Wildman–Crippen MR) is 68.9 cm³/mol. The molecule has 0 unspecified atom stereocenters. The molecule has 1 heterocycles. The second kappa shape index (κ2) is 4.85. The monoisotopic (exact) mass is 274 g/mol. The molecule has 1 aromatic heterocycles. The number of rotatable bonds is 2. The number of hydrogen-bond acceptors (Lipinski definition) is 1. The lowest BCUT2D eigenvalue weighted by Crippen LogP contribution is -2.00. The summed E-state index contributed by atoms with van der Waals surface area (Å²) in [6, 6.07) is 12.9. The van der Waals surface area contributed by atoms with Gasteiger partial charge in [0.1, 0.15) is 0 Å². The molecule has 0 aliphatic rings. The van der Waals surface area contributed by atoms with E-state index >= 15 is 0 Å². The Morgan fingerprint density at radius 1 is 0.850 bits per heavy atom. The van der Waals surface area contributed by atoms with Crippen LogP contribution in [0.15, 0.2) is 54.7 Å². The Balaban J connectivity index is 2.03. The summed E-state index contributed by atoms with van der Waals surface area (Å²) in [5.41, 5.74) is 1.67. The molecule has 0 aliphatic carbocycles. The van der Waals surface area contributed by atoms with E-state index in [2.05, 4.69) is 5.10 Å². The van der Waals surface area contributed by atoms with Crippen molar-refractivity contribution in [2.45, 2.75) is 0 Å². The minimum atomic E-state index is -1.48. The van der Waals surface area contributed by atoms with Crippen LogP contribution in [0.2, 0.25) is 0 Å². The summed E-state index contributed by atoms with van der Waals surface area (Å²) in [4.78, 5) is 0. The average Bonchev–Trinajstić information content (AvgIpc) is 2.95. The first kappa shape index (κ1) is 12.5. The van der Waals surface area contributed by atoms with E-state index in [9.17, 15) is 13.2 Å². The molecule has 0 N–H and O–H groups in total. The van der Waals surface area contributed by atoms with Gasteiger partial charge >= 0.3 is 0 Å². The van der Waals surface area contributed by atoms with Crippen LogP contribution in [0.25, 0.3) is 16.9 Å². The van der Waals surface area contributed by atoms with E-state index < -0.39 is 17.5 Å². The molecule has 0 amide bonds. The molecule has 20 heavy (non-hydrogen) atoms. The van der Waals surface area contributed by atoms with Crippen molar-refractivity contribution in [3.8, 4) is 16.9 Å². The molecule has 0 spiro atoms. The molecule has 2 aromatic carbocycles. The lowest BCUT2D eigenvalue weighted by molar-refractivity contribution is 0.446. The fourth-order valence-electron chi connectivity index (χ4n) is 1.91. The Morgan fingerprint density at radius 2 is 1.50 bits per heavy atom. The Hall–Kier alpha value is -2.56. The quantitative estimate of drug-likeness (QED) is 0.647. The second-order valence-corrected chi connectivity index (χ2v) is 4.23. The minimum absolute atomic E-state index is 0.128. The maximum absolute atomic E-state index is 13.2. The molecule has 0 saturated carbocycles. The fourth-order valence-corrected chi connectivity index (χ4v) is 1.91. The molecule has 0 saturated heterocycles. The maximum Gasteiger partial charge on any atom is 0.194 e. The summed E-state index contributed by atoms with van der Waals surface area (Å²) in [7, 11) is 0. The highest BCUT2D eigenvalue weighted by Crippen LogP contribution is 2.20. The van der Waals surface area contributed by atoms with E-state index in [4.69, 9.17) is 0 Å². The normalized spacial score (nSPS) is 10.8. The number of nitrogens with zero attached hydrogens (tertiary/aromatic N) is 2. The van der Waals surface area contributed by atoms with Gasteiger partial charge in [0, 0.05) is 23.9 Å². The Kier molecular flexibility index (Phi) is 3.02. The van der Waals surface area contributed by atoms with E-state index in [0.717, 1.165) is 17.7 Å². The summed E-state index contributed by atoms with van der Waals surface area (Å²) in [6.07, 6.45) is 1.56. The molecule has 5 heteroatoms. The van der Waals surface area contributed by atoms with Gasteiger partial charge in [0.25, 0.3) is 0 Å². The lowest BCUT2D eigenvalue weighted by atomic mass is 10.2. The van der Waals surface area contributed by atoms with E-state index in [0.29, 0.717) is 5.69 Å². The largest absolute Gasteiger partial charge is 0.240 e. The topological polar surface area (TPSA) is 17.8 Å². The Bertz CT molecular complexity index is 728. The van der Waals surface area contributed by atoms with Crippen LogP contribution in [0.5, 0.6) is 0 Å². The molecular formula is C15H9F3N2. The first-order valence-corrected chi connectivity index (χ1v) is 5.91. The van der Waals surface area contributed by atoms with Gasteiger partial charge in [0.2, 0.25) is 0 Å². The van der Waals surface area contributed by atoms with Crippen LogP contribution in [-0.4, -0.2) is 9.78 Å². The number of aromatic nitrogens is 2. The third kappa shape index (κ3) is 2.18. The van der Waals surface area contributed by atoms with Crippen LogP contribution >= 0.6 is 0 Å². The minimum Gasteiger partial charge on any atom is -0.240 e. The molecular weight excluding hydrogens is 265 g/mol. The molecule has 3 aromatic rings. The fraction of sp³-hybridized carbons (Fsp3) is 0. The summed E-state index contributed by atoms with van der Waals surface area (Å²) < 4.78 is 40.6. The Labute approximate surface area is 113 Å². The molecule has 0 fully saturated rings. The number of hydrogen-bond donors (Lipinski definition) is 0. The van der Waals surface area contributed by atoms with Gasteiger partial charge in [-0.15, -0.1) is 0 Å². The van der Waals surface area contributed by atoms with Crippen LogP contribution in [0.3, 0.4) is 0 Å². The second-order valence-electron chi connectivity index (χ2n) is 4.23. The number of halogens is 3. The highest BCUT2D eigenvalue weighted by molar-refractivity contribution is 5.58. The van der Waals surface area contributed by atoms with E-state index in [1.807, 2.05) is 30.3 Å². The van der Waals surface area contributed by atoms with Crippen LogP contribution in [-0.2, 0) is 0 Å². The van der Waals surface area contributed by atoms with E-state index in [1.54, 1.807) is 12.3 Å². The van der Waals surface area contributed by atoms with Crippen LogP contribution in [0.1, 0.15) is 0 Å². The van der Waals surface area contributed by atoms with Gasteiger partial charge in [0.15, 0.2) is 17.5 Å². The van der Waals surface area contributed by atoms with E-state index in [1.165, 1.54) is 4.68 Å². The zero-order valence-electron chi connectivity index (χ0n) is 10.2. The molecule has 3 rings (SSSR count). The summed E-state index contributed by atoms with van der Waals surface area (Å²) in [5, 5.41) is 4.22. The van der Waals surface area contributed by atoms with E-state index in [-0.39, 0.29) is 5.69 Å². The zero-order chi connectivity index (χ0) is 14.1. The van der Waals surface area contributed by atoms with Crippen LogP contribution in [0.4, 0.5) is 13.2 Å². The molecule has 0 aliphatic heterocycles. The first-order chi connectivity index (χ1) is 9.65. The van der Waals surface area contributed by atoms with Gasteiger partial charge in [-0.2, -0.15) is 5.10 Å². The third-order valence-corrected chi connectivity index (χ3v) is 2.89. The maximum atomic E-state index is 13.2. The van der Waals surface area contributed by atoms with Crippen molar-refractivity contribution in [1.82, 2.24) is 9.78 Å². The van der Waals surface area contributed by atoms with Crippen molar-refractivity contribution >= 4 is 0 Å². The van der Waals surface area contributed by atoms with Crippen LogP contribution in [0, 0.1) is 17.5 Å². The van der Waals surface area contributed by atoms with Gasteiger partial charge < -0.3 is 0 Å². The van der Waals surface area contributed by atoms with Crippen molar-refractivity contribution in [3.63, 3.8) is 0 Å². The first-order valence-electron chi connectivity index (χ1n) is 5.91. The van der Waals surface area contributed by atoms with Crippen molar-refractivity contribution in [3.05, 3.63) is 72.2 Å². The van der Waals surface area contributed by atoms with Crippen molar-refractivity contribution in [1.29, 1.82) is 0 Å². The highest BCUT2D eigenvalue weighted by atomic mass is 19.2. The third-order valence-electron chi connectivity index (χ3n) is 2.89. The molecule has 0 atom stereocenters. The Morgan fingerprint density at radius 3 is 2.15 bits per heavy atom. The standard InChI is InChI=1S/C15H9F3N2/c16-12-8-11(9-13(17)15(12)18)20-7-6-14(19-20)10-4-2-1-3-5-10/h1-9H. The SMILES string of the molecule is Fc1cc(-n2ccc(-c3ccccc3)n2)cc(F)c1F. The summed E-state index contributed by atoms with van der Waals surface area (Å²) in [6.45, 7) is 0. The lowest BCUT2D eigenvalue weighted by Gasteiger charge is -2.03. The number of benzene rings is 2. The van der Waals surface area contributed by atoms with Crippen molar-refractivity contribution in [2.24, 2.45) is 0 Å². The molecule has 100 valence electrons.